The summed E-state index contributed by atoms with van der Waals surface area (Å²) in [5.74, 6) is 5.75. The minimum absolute atomic E-state index is 0.387. The third-order valence-electron chi connectivity index (χ3n) is 2.35. The number of urea groups is 1. The van der Waals surface area contributed by atoms with Gasteiger partial charge in [0.25, 0.3) is 0 Å². The first-order valence-electron chi connectivity index (χ1n) is 4.97. The average molecular weight is 223 g/mol. The second-order valence-electron chi connectivity index (χ2n) is 3.59. The van der Waals surface area contributed by atoms with Gasteiger partial charge >= 0.3 is 6.03 Å². The van der Waals surface area contributed by atoms with Crippen molar-refractivity contribution in [2.45, 2.75) is 20.4 Å². The third kappa shape index (κ3) is 2.87. The topological polar surface area (TPSA) is 76.4 Å². The number of hydrogen-bond donors (Lipinski definition) is 3. The molecule has 0 aliphatic heterocycles. The first-order chi connectivity index (χ1) is 7.58. The summed E-state index contributed by atoms with van der Waals surface area (Å²) in [6, 6.07) is 3.56. The van der Waals surface area contributed by atoms with Crippen molar-refractivity contribution in [1.29, 1.82) is 0 Å². The molecule has 16 heavy (non-hydrogen) atoms. The zero-order chi connectivity index (χ0) is 12.1. The van der Waals surface area contributed by atoms with Crippen molar-refractivity contribution in [3.63, 3.8) is 0 Å². The van der Waals surface area contributed by atoms with Crippen LogP contribution in [0.5, 0.6) is 5.75 Å². The van der Waals surface area contributed by atoms with Gasteiger partial charge in [-0.05, 0) is 31.0 Å². The Balaban J connectivity index is 2.89. The van der Waals surface area contributed by atoms with Crippen LogP contribution in [0.4, 0.5) is 4.79 Å². The van der Waals surface area contributed by atoms with Crippen LogP contribution in [-0.4, -0.2) is 13.1 Å². The summed E-state index contributed by atoms with van der Waals surface area (Å²) < 4.78 is 5.27. The summed E-state index contributed by atoms with van der Waals surface area (Å²) in [5, 5.41) is 2.63. The fraction of sp³-hybridized carbons (Fsp3) is 0.364. The Bertz CT molecular complexity index is 391. The monoisotopic (exact) mass is 223 g/mol. The Morgan fingerprint density at radius 3 is 2.69 bits per heavy atom. The molecule has 1 rings (SSSR count). The number of nitrogens with one attached hydrogen (secondary N) is 2. The largest absolute Gasteiger partial charge is 0.496 e. The van der Waals surface area contributed by atoms with Crippen molar-refractivity contribution in [2.24, 2.45) is 5.84 Å². The van der Waals surface area contributed by atoms with Gasteiger partial charge < -0.3 is 10.1 Å². The standard InChI is InChI=1S/C11H17N3O2/c1-7-4-8(2)9(10(5-7)16-3)6-13-11(15)14-12/h4-5H,6,12H2,1-3H3,(H2,13,14,15). The number of carbonyl (C=O) groups is 1. The molecule has 1 aromatic rings. The van der Waals surface area contributed by atoms with Crippen LogP contribution in [0.1, 0.15) is 16.7 Å². The fourth-order valence-corrected chi connectivity index (χ4v) is 1.59. The summed E-state index contributed by atoms with van der Waals surface area (Å²) in [5.41, 5.74) is 5.17. The molecule has 0 saturated carbocycles. The van der Waals surface area contributed by atoms with Crippen molar-refractivity contribution in [1.82, 2.24) is 10.7 Å². The van der Waals surface area contributed by atoms with Crippen LogP contribution in [0.3, 0.4) is 0 Å². The van der Waals surface area contributed by atoms with Gasteiger partial charge in [0.1, 0.15) is 5.75 Å². The number of methoxy groups -OCH3 is 1. The molecule has 0 bridgehead atoms. The van der Waals surface area contributed by atoms with Crippen LogP contribution in [0.25, 0.3) is 0 Å². The molecule has 0 saturated heterocycles. The average Bonchev–Trinajstić information content (AvgIpc) is 2.26. The summed E-state index contributed by atoms with van der Waals surface area (Å²) in [6.07, 6.45) is 0. The number of amides is 2. The second kappa shape index (κ2) is 5.37. The van der Waals surface area contributed by atoms with Crippen molar-refractivity contribution in [3.8, 4) is 5.75 Å². The van der Waals surface area contributed by atoms with E-state index in [0.717, 1.165) is 22.4 Å². The third-order valence-corrected chi connectivity index (χ3v) is 2.35. The van der Waals surface area contributed by atoms with Gasteiger partial charge in [0.05, 0.1) is 7.11 Å². The number of hydrazine groups is 1. The Morgan fingerprint density at radius 2 is 2.12 bits per heavy atom. The lowest BCUT2D eigenvalue weighted by Crippen LogP contribution is -2.39. The molecule has 0 heterocycles. The van der Waals surface area contributed by atoms with E-state index in [4.69, 9.17) is 10.6 Å². The van der Waals surface area contributed by atoms with Crippen molar-refractivity contribution in [2.75, 3.05) is 7.11 Å². The molecule has 0 spiro atoms. The highest BCUT2D eigenvalue weighted by molar-refractivity contribution is 5.73. The highest BCUT2D eigenvalue weighted by Gasteiger charge is 2.08. The minimum atomic E-state index is -0.415. The van der Waals surface area contributed by atoms with Gasteiger partial charge in [0, 0.05) is 12.1 Å². The number of aryl methyl sites for hydroxylation is 2. The summed E-state index contributed by atoms with van der Waals surface area (Å²) >= 11 is 0. The van der Waals surface area contributed by atoms with Gasteiger partial charge in [-0.2, -0.15) is 0 Å². The summed E-state index contributed by atoms with van der Waals surface area (Å²) in [7, 11) is 1.61. The molecular weight excluding hydrogens is 206 g/mol. The Labute approximate surface area is 94.9 Å². The molecule has 1 aromatic carbocycles. The Morgan fingerprint density at radius 1 is 1.44 bits per heavy atom. The van der Waals surface area contributed by atoms with E-state index in [1.54, 1.807) is 7.11 Å². The van der Waals surface area contributed by atoms with Gasteiger partial charge in [-0.3, -0.25) is 5.43 Å². The number of carbonyl (C=O) groups excluding carboxylic acids is 1. The predicted octanol–water partition coefficient (Wildman–Crippen LogP) is 0.985. The number of nitrogens with two attached hydrogens (primary N) is 1. The number of rotatable bonds is 3. The van der Waals surface area contributed by atoms with Crippen LogP contribution < -0.4 is 21.3 Å². The minimum Gasteiger partial charge on any atom is -0.496 e. The van der Waals surface area contributed by atoms with Crippen molar-refractivity contribution >= 4 is 6.03 Å². The van der Waals surface area contributed by atoms with Crippen LogP contribution in [0, 0.1) is 13.8 Å². The highest BCUT2D eigenvalue weighted by atomic mass is 16.5. The zero-order valence-corrected chi connectivity index (χ0v) is 9.76. The van der Waals surface area contributed by atoms with Gasteiger partial charge in [-0.15, -0.1) is 0 Å². The second-order valence-corrected chi connectivity index (χ2v) is 3.59. The molecule has 4 N–H and O–H groups in total. The van der Waals surface area contributed by atoms with Crippen LogP contribution >= 0.6 is 0 Å². The maximum absolute atomic E-state index is 11.0. The summed E-state index contributed by atoms with van der Waals surface area (Å²) in [6.45, 7) is 4.37. The fourth-order valence-electron chi connectivity index (χ4n) is 1.59. The van der Waals surface area contributed by atoms with E-state index in [0.29, 0.717) is 6.54 Å². The van der Waals surface area contributed by atoms with E-state index >= 15 is 0 Å². The van der Waals surface area contributed by atoms with Gasteiger partial charge in [-0.25, -0.2) is 10.6 Å². The van der Waals surface area contributed by atoms with E-state index in [1.165, 1.54) is 0 Å². The van der Waals surface area contributed by atoms with E-state index in [9.17, 15) is 4.79 Å². The normalized spacial score (nSPS) is 9.75. The summed E-state index contributed by atoms with van der Waals surface area (Å²) in [4.78, 5) is 11.0. The van der Waals surface area contributed by atoms with Gasteiger partial charge in [0.2, 0.25) is 0 Å². The predicted molar refractivity (Wildman–Crippen MR) is 62.0 cm³/mol. The lowest BCUT2D eigenvalue weighted by atomic mass is 10.0. The van der Waals surface area contributed by atoms with E-state index < -0.39 is 6.03 Å². The lowest BCUT2D eigenvalue weighted by molar-refractivity contribution is 0.240. The molecule has 0 aliphatic rings. The first kappa shape index (κ1) is 12.3. The molecule has 0 aromatic heterocycles. The first-order valence-corrected chi connectivity index (χ1v) is 4.97. The quantitative estimate of drug-likeness (QED) is 0.406. The maximum atomic E-state index is 11.0. The molecule has 0 radical (unpaired) electrons. The molecule has 0 fully saturated rings. The number of ether oxygens (including phenoxy) is 1. The van der Waals surface area contributed by atoms with E-state index in [-0.39, 0.29) is 0 Å². The lowest BCUT2D eigenvalue weighted by Gasteiger charge is -2.13. The van der Waals surface area contributed by atoms with Gasteiger partial charge in [0.15, 0.2) is 0 Å². The van der Waals surface area contributed by atoms with Gasteiger partial charge in [-0.1, -0.05) is 6.07 Å². The zero-order valence-electron chi connectivity index (χ0n) is 9.76. The van der Waals surface area contributed by atoms with Crippen molar-refractivity contribution < 1.29 is 9.53 Å². The highest BCUT2D eigenvalue weighted by Crippen LogP contribution is 2.23. The molecule has 88 valence electrons. The maximum Gasteiger partial charge on any atom is 0.329 e. The Kier molecular flexibility index (Phi) is 4.13. The van der Waals surface area contributed by atoms with E-state index in [1.807, 2.05) is 31.4 Å². The van der Waals surface area contributed by atoms with E-state index in [2.05, 4.69) is 5.32 Å². The molecule has 0 atom stereocenters. The Hall–Kier alpha value is -1.75. The molecular formula is C11H17N3O2. The molecule has 5 heteroatoms. The van der Waals surface area contributed by atoms with Crippen LogP contribution in [-0.2, 0) is 6.54 Å². The number of hydrogen-bond acceptors (Lipinski definition) is 3. The smallest absolute Gasteiger partial charge is 0.329 e. The van der Waals surface area contributed by atoms with Crippen LogP contribution in [0.2, 0.25) is 0 Å². The molecule has 0 aliphatic carbocycles. The number of benzene rings is 1. The molecule has 2 amide bonds. The van der Waals surface area contributed by atoms with Crippen LogP contribution in [0.15, 0.2) is 12.1 Å². The molecule has 0 unspecified atom stereocenters. The molecule has 5 nitrogen and oxygen atoms in total. The van der Waals surface area contributed by atoms with Crippen molar-refractivity contribution in [3.05, 3.63) is 28.8 Å². The SMILES string of the molecule is COc1cc(C)cc(C)c1CNC(=O)NN.